The predicted octanol–water partition coefficient (Wildman–Crippen LogP) is 6.20. The Morgan fingerprint density at radius 1 is 0.950 bits per heavy atom. The molecule has 8 nitrogen and oxygen atoms in total. The second-order valence-corrected chi connectivity index (χ2v) is 9.99. The van der Waals surface area contributed by atoms with Gasteiger partial charge in [0.2, 0.25) is 5.82 Å². The van der Waals surface area contributed by atoms with E-state index in [1.54, 1.807) is 42.5 Å². The zero-order chi connectivity index (χ0) is 28.6. The van der Waals surface area contributed by atoms with Crippen LogP contribution in [0.4, 0.5) is 13.2 Å². The molecule has 0 spiro atoms. The van der Waals surface area contributed by atoms with E-state index in [4.69, 9.17) is 4.74 Å². The number of amides is 1. The average molecular weight is 675 g/mol. The lowest BCUT2D eigenvalue weighted by atomic mass is 10.2. The molecule has 0 saturated heterocycles. The van der Waals surface area contributed by atoms with E-state index in [0.717, 1.165) is 21.5 Å². The van der Waals surface area contributed by atoms with Gasteiger partial charge in [-0.15, -0.1) is 0 Å². The third-order valence-corrected chi connectivity index (χ3v) is 7.17. The molecule has 2 aromatic heterocycles. The Kier molecular flexibility index (Phi) is 7.43. The van der Waals surface area contributed by atoms with Crippen LogP contribution < -0.4 is 10.2 Å². The van der Waals surface area contributed by atoms with Crippen molar-refractivity contribution in [1.82, 2.24) is 19.1 Å². The molecule has 5 rings (SSSR count). The fourth-order valence-electron chi connectivity index (χ4n) is 3.93. The van der Waals surface area contributed by atoms with Gasteiger partial charge in [0.05, 0.1) is 41.7 Å². The van der Waals surface area contributed by atoms with E-state index >= 15 is 0 Å². The lowest BCUT2D eigenvalue weighted by molar-refractivity contribution is -0.145. The fraction of sp³-hybridized carbons (Fsp3) is 0.0741. The molecule has 0 saturated carbocycles. The highest BCUT2D eigenvalue weighted by Gasteiger charge is 2.38. The Labute approximate surface area is 241 Å². The topological polar surface area (TPSA) is 91.4 Å². The summed E-state index contributed by atoms with van der Waals surface area (Å²) in [4.78, 5) is 38.7. The molecule has 0 bridgehead atoms. The average Bonchev–Trinajstić information content (AvgIpc) is 3.33. The van der Waals surface area contributed by atoms with Crippen LogP contribution in [-0.4, -0.2) is 38.0 Å². The molecule has 1 amide bonds. The number of alkyl halides is 3. The second-order valence-electron chi connectivity index (χ2n) is 8.28. The van der Waals surface area contributed by atoms with Crippen molar-refractivity contribution < 1.29 is 27.5 Å². The molecule has 5 aromatic rings. The maximum atomic E-state index is 14.1. The van der Waals surface area contributed by atoms with Crippen molar-refractivity contribution >= 4 is 54.7 Å². The van der Waals surface area contributed by atoms with Gasteiger partial charge in [-0.05, 0) is 68.3 Å². The molecular formula is C27H16Br2F3N5O3. The molecule has 0 N–H and O–H groups in total. The summed E-state index contributed by atoms with van der Waals surface area (Å²) in [6, 6.07) is 17.3. The zero-order valence-corrected chi connectivity index (χ0v) is 23.5. The predicted molar refractivity (Wildman–Crippen MR) is 146 cm³/mol. The highest BCUT2D eigenvalue weighted by molar-refractivity contribution is 9.10. The summed E-state index contributed by atoms with van der Waals surface area (Å²) >= 11 is 6.63. The SMILES string of the molecule is COc1ccc2c(c1)nc(C(F)(F)F)n2-c1cn(C(=O)c2ccccc2Br)/c(=N/C(=O)c2ccccc2Br)cn1. The van der Waals surface area contributed by atoms with Crippen LogP contribution in [-0.2, 0) is 6.18 Å². The largest absolute Gasteiger partial charge is 0.497 e. The molecule has 0 aliphatic heterocycles. The minimum absolute atomic E-state index is 0.00928. The van der Waals surface area contributed by atoms with Crippen LogP contribution in [0.25, 0.3) is 16.9 Å². The number of carbonyl (C=O) groups excluding carboxylic acids is 2. The number of hydrogen-bond acceptors (Lipinski definition) is 5. The molecule has 0 radical (unpaired) electrons. The minimum atomic E-state index is -4.86. The Hall–Kier alpha value is -4.10. The zero-order valence-electron chi connectivity index (χ0n) is 20.4. The van der Waals surface area contributed by atoms with Crippen LogP contribution in [0.3, 0.4) is 0 Å². The number of benzene rings is 3. The molecule has 0 fully saturated rings. The standard InChI is InChI=1S/C27H16Br2F3N5O3/c1-40-15-10-11-21-20(12-15)34-26(27(30,31)32)37(21)23-14-36(25(39)17-7-3-5-9-19(17)29)22(13-33-23)35-24(38)16-6-2-4-8-18(16)28/h2-14H,1H3/b35-22+. The number of nitrogens with zero attached hydrogens (tertiary/aromatic N) is 5. The summed E-state index contributed by atoms with van der Waals surface area (Å²) < 4.78 is 50.2. The first-order chi connectivity index (χ1) is 19.1. The molecule has 2 heterocycles. The summed E-state index contributed by atoms with van der Waals surface area (Å²) in [6.07, 6.45) is -2.70. The fourth-order valence-corrected chi connectivity index (χ4v) is 4.84. The lowest BCUT2D eigenvalue weighted by Gasteiger charge is -2.14. The number of aromatic nitrogens is 4. The van der Waals surface area contributed by atoms with Crippen molar-refractivity contribution in [2.45, 2.75) is 6.18 Å². The molecular weight excluding hydrogens is 659 g/mol. The monoisotopic (exact) mass is 673 g/mol. The Balaban J connectivity index is 1.77. The number of fused-ring (bicyclic) bond motifs is 1. The van der Waals surface area contributed by atoms with Crippen molar-refractivity contribution in [2.24, 2.45) is 4.99 Å². The first kappa shape index (κ1) is 27.5. The molecule has 3 aromatic carbocycles. The second kappa shape index (κ2) is 10.8. The van der Waals surface area contributed by atoms with Gasteiger partial charge in [0.1, 0.15) is 5.75 Å². The van der Waals surface area contributed by atoms with Gasteiger partial charge in [-0.3, -0.25) is 18.7 Å². The summed E-state index contributed by atoms with van der Waals surface area (Å²) in [5.41, 5.74) is 0.306. The number of rotatable bonds is 4. The summed E-state index contributed by atoms with van der Waals surface area (Å²) in [7, 11) is 1.39. The van der Waals surface area contributed by atoms with E-state index in [1.807, 2.05) is 0 Å². The minimum Gasteiger partial charge on any atom is -0.497 e. The van der Waals surface area contributed by atoms with Gasteiger partial charge in [-0.1, -0.05) is 24.3 Å². The van der Waals surface area contributed by atoms with Gasteiger partial charge in [-0.25, -0.2) is 9.97 Å². The van der Waals surface area contributed by atoms with E-state index in [-0.39, 0.29) is 33.5 Å². The van der Waals surface area contributed by atoms with Crippen molar-refractivity contribution in [1.29, 1.82) is 0 Å². The molecule has 13 heteroatoms. The molecule has 0 atom stereocenters. The summed E-state index contributed by atoms with van der Waals surface area (Å²) in [5.74, 6) is -2.55. The summed E-state index contributed by atoms with van der Waals surface area (Å²) in [6.45, 7) is 0. The third kappa shape index (κ3) is 5.21. The smallest absolute Gasteiger partial charge is 0.450 e. The van der Waals surface area contributed by atoms with Crippen molar-refractivity contribution in [2.75, 3.05) is 7.11 Å². The quantitative estimate of drug-likeness (QED) is 0.226. The van der Waals surface area contributed by atoms with Crippen molar-refractivity contribution in [3.05, 3.63) is 111 Å². The van der Waals surface area contributed by atoms with E-state index < -0.39 is 23.8 Å². The number of imidazole rings is 1. The molecule has 0 aliphatic carbocycles. The molecule has 0 aliphatic rings. The molecule has 40 heavy (non-hydrogen) atoms. The number of halogens is 5. The number of methoxy groups -OCH3 is 1. The summed E-state index contributed by atoms with van der Waals surface area (Å²) in [5, 5.41) is 0. The van der Waals surface area contributed by atoms with Gasteiger partial charge < -0.3 is 4.74 Å². The van der Waals surface area contributed by atoms with Crippen LogP contribution in [0.15, 0.2) is 93.1 Å². The Morgan fingerprint density at radius 2 is 1.60 bits per heavy atom. The van der Waals surface area contributed by atoms with E-state index in [2.05, 4.69) is 46.8 Å². The van der Waals surface area contributed by atoms with Gasteiger partial charge in [0.25, 0.3) is 11.8 Å². The Morgan fingerprint density at radius 3 is 2.23 bits per heavy atom. The Bertz CT molecular complexity index is 1860. The van der Waals surface area contributed by atoms with E-state index in [9.17, 15) is 22.8 Å². The number of hydrogen-bond donors (Lipinski definition) is 0. The molecule has 0 unspecified atom stereocenters. The van der Waals surface area contributed by atoms with Crippen LogP contribution in [0.2, 0.25) is 0 Å². The van der Waals surface area contributed by atoms with Gasteiger partial charge in [0.15, 0.2) is 11.3 Å². The van der Waals surface area contributed by atoms with Gasteiger partial charge in [-0.2, -0.15) is 18.2 Å². The maximum absolute atomic E-state index is 14.1. The van der Waals surface area contributed by atoms with Gasteiger partial charge in [0, 0.05) is 15.0 Å². The maximum Gasteiger partial charge on any atom is 0.450 e. The first-order valence-corrected chi connectivity index (χ1v) is 13.0. The van der Waals surface area contributed by atoms with Crippen LogP contribution >= 0.6 is 31.9 Å². The van der Waals surface area contributed by atoms with Crippen molar-refractivity contribution in [3.8, 4) is 11.6 Å². The van der Waals surface area contributed by atoms with Crippen molar-refractivity contribution in [3.63, 3.8) is 0 Å². The van der Waals surface area contributed by atoms with Crippen LogP contribution in [0, 0.1) is 0 Å². The van der Waals surface area contributed by atoms with Gasteiger partial charge >= 0.3 is 6.18 Å². The van der Waals surface area contributed by atoms with E-state index in [0.29, 0.717) is 14.7 Å². The first-order valence-electron chi connectivity index (χ1n) is 11.4. The lowest BCUT2D eigenvalue weighted by Crippen LogP contribution is -2.30. The highest BCUT2D eigenvalue weighted by atomic mass is 79.9. The highest BCUT2D eigenvalue weighted by Crippen LogP contribution is 2.34. The number of carbonyl (C=O) groups is 2. The van der Waals surface area contributed by atoms with Crippen LogP contribution in [0.5, 0.6) is 5.75 Å². The third-order valence-electron chi connectivity index (χ3n) is 5.79. The van der Waals surface area contributed by atoms with Crippen LogP contribution in [0.1, 0.15) is 26.5 Å². The molecule has 202 valence electrons. The number of ether oxygens (including phenoxy) is 1. The van der Waals surface area contributed by atoms with E-state index in [1.165, 1.54) is 31.4 Å². The normalized spacial score (nSPS) is 12.1.